The number of hydrogen-bond donors (Lipinski definition) is 2. The van der Waals surface area contributed by atoms with Crippen molar-refractivity contribution in [2.45, 2.75) is 45.1 Å². The van der Waals surface area contributed by atoms with Gasteiger partial charge in [0.15, 0.2) is 11.5 Å². The van der Waals surface area contributed by atoms with E-state index in [9.17, 15) is 9.59 Å². The van der Waals surface area contributed by atoms with Gasteiger partial charge in [0.1, 0.15) is 0 Å². The lowest BCUT2D eigenvalue weighted by Gasteiger charge is -2.21. The number of rotatable bonds is 7. The highest BCUT2D eigenvalue weighted by Gasteiger charge is 2.21. The molecule has 0 radical (unpaired) electrons. The minimum atomic E-state index is -0.224. The Balaban J connectivity index is 1.65. The molecule has 6 nitrogen and oxygen atoms in total. The number of hydrogen-bond acceptors (Lipinski definition) is 4. The quantitative estimate of drug-likeness (QED) is 0.693. The second-order valence-electron chi connectivity index (χ2n) is 7.71. The third-order valence-corrected chi connectivity index (χ3v) is 5.62. The zero-order chi connectivity index (χ0) is 21.5. The molecule has 0 spiro atoms. The van der Waals surface area contributed by atoms with Gasteiger partial charge in [-0.15, -0.1) is 0 Å². The Morgan fingerprint density at radius 2 is 1.70 bits per heavy atom. The Labute approximate surface area is 178 Å². The van der Waals surface area contributed by atoms with Crippen LogP contribution in [0.5, 0.6) is 11.5 Å². The topological polar surface area (TPSA) is 76.7 Å². The number of ether oxygens (including phenoxy) is 2. The van der Waals surface area contributed by atoms with Crippen LogP contribution in [0, 0.1) is 5.92 Å². The first-order valence-corrected chi connectivity index (χ1v) is 10.5. The van der Waals surface area contributed by atoms with Crippen molar-refractivity contribution in [3.63, 3.8) is 0 Å². The molecule has 0 saturated heterocycles. The van der Waals surface area contributed by atoms with Crippen molar-refractivity contribution < 1.29 is 19.1 Å². The number of amides is 2. The Kier molecular flexibility index (Phi) is 7.33. The first kappa shape index (κ1) is 21.7. The van der Waals surface area contributed by atoms with Crippen LogP contribution in [-0.2, 0) is 4.79 Å². The van der Waals surface area contributed by atoms with Crippen molar-refractivity contribution in [3.8, 4) is 11.5 Å². The van der Waals surface area contributed by atoms with Crippen molar-refractivity contribution in [2.24, 2.45) is 5.92 Å². The molecule has 6 heteroatoms. The molecule has 0 bridgehead atoms. The molecule has 1 fully saturated rings. The van der Waals surface area contributed by atoms with E-state index in [1.165, 1.54) is 6.42 Å². The maximum atomic E-state index is 12.8. The standard InChI is InChI=1S/C24H30N2O4/c1-16(18-12-13-21(29-2)22(15-18)30-3)25-24(28)19-10-7-11-20(14-19)26-23(27)17-8-5-4-6-9-17/h7,10-17H,4-6,8-9H2,1-3H3,(H,25,28)(H,26,27). The molecule has 1 aliphatic rings. The highest BCUT2D eigenvalue weighted by atomic mass is 16.5. The summed E-state index contributed by atoms with van der Waals surface area (Å²) in [7, 11) is 3.17. The summed E-state index contributed by atoms with van der Waals surface area (Å²) in [4.78, 5) is 25.3. The van der Waals surface area contributed by atoms with Crippen molar-refractivity contribution in [1.29, 1.82) is 0 Å². The average molecular weight is 411 g/mol. The molecule has 2 N–H and O–H groups in total. The lowest BCUT2D eigenvalue weighted by molar-refractivity contribution is -0.120. The molecule has 1 saturated carbocycles. The van der Waals surface area contributed by atoms with Crippen LogP contribution in [0.15, 0.2) is 42.5 Å². The molecule has 2 aromatic carbocycles. The van der Waals surface area contributed by atoms with Gasteiger partial charge in [-0.2, -0.15) is 0 Å². The molecule has 0 aromatic heterocycles. The van der Waals surface area contributed by atoms with E-state index in [4.69, 9.17) is 9.47 Å². The van der Waals surface area contributed by atoms with Crippen LogP contribution in [-0.4, -0.2) is 26.0 Å². The van der Waals surface area contributed by atoms with E-state index < -0.39 is 0 Å². The van der Waals surface area contributed by atoms with Crippen LogP contribution in [0.3, 0.4) is 0 Å². The van der Waals surface area contributed by atoms with Gasteiger partial charge in [-0.05, 0) is 55.7 Å². The lowest BCUT2D eigenvalue weighted by Crippen LogP contribution is -2.27. The van der Waals surface area contributed by atoms with Crippen molar-refractivity contribution in [1.82, 2.24) is 5.32 Å². The second kappa shape index (κ2) is 10.1. The molecule has 3 rings (SSSR count). The Morgan fingerprint density at radius 3 is 2.40 bits per heavy atom. The molecular formula is C24H30N2O4. The Hall–Kier alpha value is -3.02. The third-order valence-electron chi connectivity index (χ3n) is 5.62. The van der Waals surface area contributed by atoms with Gasteiger partial charge in [-0.25, -0.2) is 0 Å². The van der Waals surface area contributed by atoms with Crippen molar-refractivity contribution in [3.05, 3.63) is 53.6 Å². The number of carbonyl (C=O) groups is 2. The molecule has 0 heterocycles. The number of nitrogens with one attached hydrogen (secondary N) is 2. The molecule has 2 aromatic rings. The summed E-state index contributed by atoms with van der Waals surface area (Å²) in [5.74, 6) is 1.17. The second-order valence-corrected chi connectivity index (χ2v) is 7.71. The zero-order valence-electron chi connectivity index (χ0n) is 17.9. The zero-order valence-corrected chi connectivity index (χ0v) is 17.9. The molecule has 1 atom stereocenters. The summed E-state index contributed by atoms with van der Waals surface area (Å²) >= 11 is 0. The summed E-state index contributed by atoms with van der Waals surface area (Å²) in [6.45, 7) is 1.91. The lowest BCUT2D eigenvalue weighted by atomic mass is 9.88. The van der Waals surface area contributed by atoms with Crippen molar-refractivity contribution in [2.75, 3.05) is 19.5 Å². The fourth-order valence-electron chi connectivity index (χ4n) is 3.83. The van der Waals surface area contributed by atoms with E-state index in [0.29, 0.717) is 22.7 Å². The molecule has 1 unspecified atom stereocenters. The monoisotopic (exact) mass is 410 g/mol. The van der Waals surface area contributed by atoms with Crippen molar-refractivity contribution >= 4 is 17.5 Å². The fraction of sp³-hybridized carbons (Fsp3) is 0.417. The van der Waals surface area contributed by atoms with Gasteiger partial charge < -0.3 is 20.1 Å². The predicted molar refractivity (Wildman–Crippen MR) is 117 cm³/mol. The maximum Gasteiger partial charge on any atom is 0.251 e. The normalized spacial score (nSPS) is 15.2. The van der Waals surface area contributed by atoms with Gasteiger partial charge in [0.05, 0.1) is 20.3 Å². The molecule has 1 aliphatic carbocycles. The van der Waals surface area contributed by atoms with E-state index in [2.05, 4.69) is 10.6 Å². The highest BCUT2D eigenvalue weighted by Crippen LogP contribution is 2.30. The summed E-state index contributed by atoms with van der Waals surface area (Å²) in [5.41, 5.74) is 2.06. The number of anilines is 1. The number of methoxy groups -OCH3 is 2. The predicted octanol–water partition coefficient (Wildman–Crippen LogP) is 4.71. The van der Waals surface area contributed by atoms with Gasteiger partial charge in [0, 0.05) is 17.2 Å². The van der Waals surface area contributed by atoms with Crippen LogP contribution < -0.4 is 20.1 Å². The number of benzene rings is 2. The molecule has 30 heavy (non-hydrogen) atoms. The summed E-state index contributed by atoms with van der Waals surface area (Å²) in [6.07, 6.45) is 5.30. The van der Waals surface area contributed by atoms with Crippen LogP contribution in [0.1, 0.15) is 61.0 Å². The molecule has 2 amide bonds. The van der Waals surface area contributed by atoms with Gasteiger partial charge in [-0.1, -0.05) is 31.4 Å². The fourth-order valence-corrected chi connectivity index (χ4v) is 3.83. The van der Waals surface area contributed by atoms with E-state index in [1.807, 2.05) is 31.2 Å². The van der Waals surface area contributed by atoms with Crippen LogP contribution in [0.2, 0.25) is 0 Å². The van der Waals surface area contributed by atoms with E-state index in [1.54, 1.807) is 32.4 Å². The largest absolute Gasteiger partial charge is 0.493 e. The van der Waals surface area contributed by atoms with Gasteiger partial charge in [0.25, 0.3) is 5.91 Å². The van der Waals surface area contributed by atoms with E-state index in [-0.39, 0.29) is 23.8 Å². The van der Waals surface area contributed by atoms with Crippen LogP contribution >= 0.6 is 0 Å². The maximum absolute atomic E-state index is 12.8. The summed E-state index contributed by atoms with van der Waals surface area (Å²) in [6, 6.07) is 12.4. The molecule has 0 aliphatic heterocycles. The van der Waals surface area contributed by atoms with Gasteiger partial charge >= 0.3 is 0 Å². The average Bonchev–Trinajstić information content (AvgIpc) is 2.79. The smallest absolute Gasteiger partial charge is 0.251 e. The minimum absolute atomic E-state index is 0.0472. The van der Waals surface area contributed by atoms with Crippen LogP contribution in [0.25, 0.3) is 0 Å². The van der Waals surface area contributed by atoms with Gasteiger partial charge in [-0.3, -0.25) is 9.59 Å². The van der Waals surface area contributed by atoms with Crippen LogP contribution in [0.4, 0.5) is 5.69 Å². The molecule has 160 valence electrons. The first-order chi connectivity index (χ1) is 14.5. The summed E-state index contributed by atoms with van der Waals surface area (Å²) < 4.78 is 10.6. The van der Waals surface area contributed by atoms with E-state index in [0.717, 1.165) is 31.2 Å². The minimum Gasteiger partial charge on any atom is -0.493 e. The van der Waals surface area contributed by atoms with Gasteiger partial charge in [0.2, 0.25) is 5.91 Å². The Bertz CT molecular complexity index is 891. The third kappa shape index (κ3) is 5.32. The van der Waals surface area contributed by atoms with E-state index >= 15 is 0 Å². The first-order valence-electron chi connectivity index (χ1n) is 10.5. The summed E-state index contributed by atoms with van der Waals surface area (Å²) in [5, 5.41) is 5.97. The Morgan fingerprint density at radius 1 is 0.967 bits per heavy atom. The number of carbonyl (C=O) groups excluding carboxylic acids is 2. The highest BCUT2D eigenvalue weighted by molar-refractivity contribution is 5.97. The molecular weight excluding hydrogens is 380 g/mol. The SMILES string of the molecule is COc1ccc(C(C)NC(=O)c2cccc(NC(=O)C3CCCCC3)c2)cc1OC.